The summed E-state index contributed by atoms with van der Waals surface area (Å²) in [5, 5.41) is 12.3. The molecule has 7 heteroatoms. The molecule has 0 spiro atoms. The molecule has 1 fully saturated rings. The van der Waals surface area contributed by atoms with Gasteiger partial charge in [0.1, 0.15) is 5.70 Å². The summed E-state index contributed by atoms with van der Waals surface area (Å²) in [7, 11) is 1.38. The lowest BCUT2D eigenvalue weighted by molar-refractivity contribution is -0.121. The van der Waals surface area contributed by atoms with Crippen LogP contribution in [0.1, 0.15) is 12.5 Å². The van der Waals surface area contributed by atoms with Crippen LogP contribution in [-0.2, 0) is 4.79 Å². The van der Waals surface area contributed by atoms with Crippen LogP contribution in [0.3, 0.4) is 0 Å². The average molecular weight is 297 g/mol. The second-order valence-electron chi connectivity index (χ2n) is 4.13. The molecule has 0 aliphatic carbocycles. The number of rotatable bonds is 3. The van der Waals surface area contributed by atoms with E-state index in [1.807, 2.05) is 0 Å². The van der Waals surface area contributed by atoms with Gasteiger partial charge in [0.2, 0.25) is 0 Å². The lowest BCUT2D eigenvalue weighted by atomic mass is 10.1. The van der Waals surface area contributed by atoms with Gasteiger partial charge >= 0.3 is 6.03 Å². The minimum absolute atomic E-state index is 0.105. The van der Waals surface area contributed by atoms with Gasteiger partial charge in [-0.05, 0) is 30.7 Å². The highest BCUT2D eigenvalue weighted by atomic mass is 35.5. The Hall–Kier alpha value is -2.21. The maximum absolute atomic E-state index is 11.7. The van der Waals surface area contributed by atoms with Crippen molar-refractivity contribution in [3.05, 3.63) is 28.4 Å². The number of benzene rings is 1. The highest BCUT2D eigenvalue weighted by molar-refractivity contribution is 6.32. The zero-order valence-electron chi connectivity index (χ0n) is 10.9. The smallest absolute Gasteiger partial charge is 0.328 e. The number of likely N-dealkylation sites (N-methyl/N-ethyl adjacent to an activating group) is 1. The van der Waals surface area contributed by atoms with E-state index in [9.17, 15) is 14.7 Å². The van der Waals surface area contributed by atoms with Gasteiger partial charge in [0.05, 0.1) is 11.6 Å². The maximum Gasteiger partial charge on any atom is 0.328 e. The third kappa shape index (κ3) is 2.55. The van der Waals surface area contributed by atoms with Crippen LogP contribution < -0.4 is 10.1 Å². The van der Waals surface area contributed by atoms with E-state index in [1.54, 1.807) is 6.92 Å². The number of carbonyl (C=O) groups excluding carboxylic acids is 2. The molecule has 2 N–H and O–H groups in total. The van der Waals surface area contributed by atoms with Crippen molar-refractivity contribution in [3.8, 4) is 11.5 Å². The van der Waals surface area contributed by atoms with Crippen molar-refractivity contribution in [1.29, 1.82) is 0 Å². The first kappa shape index (κ1) is 14.2. The van der Waals surface area contributed by atoms with Crippen LogP contribution in [0.5, 0.6) is 11.5 Å². The highest BCUT2D eigenvalue weighted by Gasteiger charge is 2.30. The molecule has 20 heavy (non-hydrogen) atoms. The normalized spacial score (nSPS) is 16.8. The average Bonchev–Trinajstić information content (AvgIpc) is 2.63. The summed E-state index contributed by atoms with van der Waals surface area (Å²) in [5.41, 5.74) is 0.678. The third-order valence-corrected chi connectivity index (χ3v) is 3.03. The molecule has 0 aromatic heterocycles. The molecule has 1 aliphatic heterocycles. The van der Waals surface area contributed by atoms with Crippen LogP contribution >= 0.6 is 11.6 Å². The molecule has 0 unspecified atom stereocenters. The van der Waals surface area contributed by atoms with Gasteiger partial charge in [0.15, 0.2) is 11.5 Å². The van der Waals surface area contributed by atoms with E-state index in [-0.39, 0.29) is 22.2 Å². The van der Waals surface area contributed by atoms with Crippen LogP contribution in [-0.4, -0.2) is 35.6 Å². The number of nitrogens with one attached hydrogen (secondary N) is 1. The highest BCUT2D eigenvalue weighted by Crippen LogP contribution is 2.35. The molecule has 0 bridgehead atoms. The standard InChI is InChI=1S/C13H13ClN2O4/c1-3-20-10-6-7(4-8(14)11(10)17)5-9-12(18)16(2)13(19)15-9/h4-6,17H,3H2,1-2H3,(H,15,19)/b9-5+. The van der Waals surface area contributed by atoms with Crippen molar-refractivity contribution >= 4 is 29.6 Å². The number of hydrogen-bond acceptors (Lipinski definition) is 4. The summed E-state index contributed by atoms with van der Waals surface area (Å²) in [6.07, 6.45) is 1.47. The first-order valence-electron chi connectivity index (χ1n) is 5.90. The molecular formula is C13H13ClN2O4. The quantitative estimate of drug-likeness (QED) is 0.660. The maximum atomic E-state index is 11.7. The molecular weight excluding hydrogens is 284 g/mol. The monoisotopic (exact) mass is 296 g/mol. The topological polar surface area (TPSA) is 78.9 Å². The molecule has 1 aromatic carbocycles. The fourth-order valence-corrected chi connectivity index (χ4v) is 1.95. The van der Waals surface area contributed by atoms with E-state index in [0.717, 1.165) is 4.90 Å². The molecule has 3 amide bonds. The van der Waals surface area contributed by atoms with Crippen molar-refractivity contribution in [3.63, 3.8) is 0 Å². The Kier molecular flexibility index (Phi) is 3.85. The Morgan fingerprint density at radius 1 is 1.45 bits per heavy atom. The molecule has 2 rings (SSSR count). The Balaban J connectivity index is 2.39. The number of phenolic OH excluding ortho intramolecular Hbond substituents is 1. The molecule has 1 aliphatic rings. The van der Waals surface area contributed by atoms with E-state index in [1.165, 1.54) is 25.3 Å². The number of urea groups is 1. The minimum Gasteiger partial charge on any atom is -0.503 e. The zero-order chi connectivity index (χ0) is 14.9. The lowest BCUT2D eigenvalue weighted by Gasteiger charge is -2.08. The van der Waals surface area contributed by atoms with Crippen molar-refractivity contribution in [1.82, 2.24) is 10.2 Å². The van der Waals surface area contributed by atoms with Crippen molar-refractivity contribution in [2.45, 2.75) is 6.92 Å². The Morgan fingerprint density at radius 2 is 2.15 bits per heavy atom. The van der Waals surface area contributed by atoms with E-state index < -0.39 is 11.9 Å². The number of halogens is 1. The first-order valence-corrected chi connectivity index (χ1v) is 6.28. The molecule has 0 radical (unpaired) electrons. The number of ether oxygens (including phenoxy) is 1. The van der Waals surface area contributed by atoms with E-state index in [4.69, 9.17) is 16.3 Å². The van der Waals surface area contributed by atoms with Gasteiger partial charge in [-0.15, -0.1) is 0 Å². The van der Waals surface area contributed by atoms with Gasteiger partial charge in [-0.1, -0.05) is 11.6 Å². The van der Waals surface area contributed by atoms with Crippen LogP contribution in [0.4, 0.5) is 4.79 Å². The van der Waals surface area contributed by atoms with Gasteiger partial charge in [-0.2, -0.15) is 0 Å². The van der Waals surface area contributed by atoms with Crippen LogP contribution in [0, 0.1) is 0 Å². The summed E-state index contributed by atoms with van der Waals surface area (Å²) < 4.78 is 5.25. The van der Waals surface area contributed by atoms with Gasteiger partial charge in [-0.25, -0.2) is 4.79 Å². The molecule has 0 atom stereocenters. The number of imide groups is 1. The molecule has 6 nitrogen and oxygen atoms in total. The minimum atomic E-state index is -0.490. The van der Waals surface area contributed by atoms with Gasteiger partial charge < -0.3 is 15.2 Å². The number of aromatic hydroxyl groups is 1. The van der Waals surface area contributed by atoms with Crippen molar-refractivity contribution < 1.29 is 19.4 Å². The Morgan fingerprint density at radius 3 is 2.70 bits per heavy atom. The summed E-state index contributed by atoms with van der Waals surface area (Å²) in [6.45, 7) is 2.14. The number of phenols is 1. The first-order chi connectivity index (χ1) is 9.43. The van der Waals surface area contributed by atoms with E-state index in [2.05, 4.69) is 5.32 Å². The van der Waals surface area contributed by atoms with E-state index >= 15 is 0 Å². The Bertz CT molecular complexity index is 613. The lowest BCUT2D eigenvalue weighted by Crippen LogP contribution is -2.25. The Labute approximate surface area is 120 Å². The summed E-state index contributed by atoms with van der Waals surface area (Å²) in [5.74, 6) is -0.372. The fourth-order valence-electron chi connectivity index (χ4n) is 1.73. The molecule has 106 valence electrons. The van der Waals surface area contributed by atoms with Crippen molar-refractivity contribution in [2.75, 3.05) is 13.7 Å². The number of hydrogen-bond donors (Lipinski definition) is 2. The van der Waals surface area contributed by atoms with Crippen LogP contribution in [0.25, 0.3) is 6.08 Å². The number of amides is 3. The molecule has 1 aromatic rings. The number of nitrogens with zero attached hydrogens (tertiary/aromatic N) is 1. The predicted molar refractivity (Wildman–Crippen MR) is 73.6 cm³/mol. The molecule has 1 heterocycles. The molecule has 1 saturated heterocycles. The van der Waals surface area contributed by atoms with Crippen LogP contribution in [0.2, 0.25) is 5.02 Å². The second kappa shape index (κ2) is 5.42. The molecule has 0 saturated carbocycles. The summed E-state index contributed by atoms with van der Waals surface area (Å²) in [6, 6.07) is 2.52. The largest absolute Gasteiger partial charge is 0.503 e. The van der Waals surface area contributed by atoms with Crippen LogP contribution in [0.15, 0.2) is 17.8 Å². The van der Waals surface area contributed by atoms with Gasteiger partial charge in [0.25, 0.3) is 5.91 Å². The van der Waals surface area contributed by atoms with Crippen molar-refractivity contribution in [2.24, 2.45) is 0 Å². The van der Waals surface area contributed by atoms with Gasteiger partial charge in [0, 0.05) is 7.05 Å². The van der Waals surface area contributed by atoms with Gasteiger partial charge in [-0.3, -0.25) is 9.69 Å². The zero-order valence-corrected chi connectivity index (χ0v) is 11.7. The summed E-state index contributed by atoms with van der Waals surface area (Å²) >= 11 is 5.89. The third-order valence-electron chi connectivity index (χ3n) is 2.74. The van der Waals surface area contributed by atoms with E-state index in [0.29, 0.717) is 12.2 Å². The fraction of sp³-hybridized carbons (Fsp3) is 0.231. The predicted octanol–water partition coefficient (Wildman–Crippen LogP) is 1.97. The SMILES string of the molecule is CCOc1cc(/C=C2/NC(=O)N(C)C2=O)cc(Cl)c1O. The second-order valence-corrected chi connectivity index (χ2v) is 4.54. The summed E-state index contributed by atoms with van der Waals surface area (Å²) in [4.78, 5) is 24.1. The number of carbonyl (C=O) groups is 2.